The van der Waals surface area contributed by atoms with Crippen LogP contribution in [0.2, 0.25) is 0 Å². The van der Waals surface area contributed by atoms with E-state index in [2.05, 4.69) is 15.4 Å². The van der Waals surface area contributed by atoms with Crippen molar-refractivity contribution < 1.29 is 13.2 Å². The highest BCUT2D eigenvalue weighted by molar-refractivity contribution is 7.89. The summed E-state index contributed by atoms with van der Waals surface area (Å²) in [6.07, 6.45) is 0.822. The Morgan fingerprint density at radius 2 is 2.11 bits per heavy atom. The molecule has 1 saturated heterocycles. The van der Waals surface area contributed by atoms with Crippen molar-refractivity contribution >= 4 is 28.3 Å². The molecular formula is C10H22ClN3O3S. The molecule has 0 bridgehead atoms. The first kappa shape index (κ1) is 17.6. The molecule has 108 valence electrons. The summed E-state index contributed by atoms with van der Waals surface area (Å²) in [5.41, 5.74) is 0. The van der Waals surface area contributed by atoms with E-state index in [9.17, 15) is 13.2 Å². The lowest BCUT2D eigenvalue weighted by molar-refractivity contribution is -0.124. The van der Waals surface area contributed by atoms with Gasteiger partial charge < -0.3 is 10.6 Å². The molecule has 1 amide bonds. The number of carbonyl (C=O) groups is 1. The van der Waals surface area contributed by atoms with Crippen molar-refractivity contribution in [3.05, 3.63) is 0 Å². The number of carbonyl (C=O) groups excluding carboxylic acids is 1. The van der Waals surface area contributed by atoms with Crippen molar-refractivity contribution in [3.63, 3.8) is 0 Å². The smallest absolute Gasteiger partial charge is 0.224 e. The van der Waals surface area contributed by atoms with Crippen LogP contribution in [0, 0.1) is 5.92 Å². The Morgan fingerprint density at radius 1 is 1.44 bits per heavy atom. The molecule has 1 heterocycles. The predicted molar refractivity (Wildman–Crippen MR) is 73.3 cm³/mol. The van der Waals surface area contributed by atoms with Crippen molar-refractivity contribution in [2.45, 2.75) is 26.3 Å². The Balaban J connectivity index is 0.00000289. The molecule has 6 nitrogen and oxygen atoms in total. The summed E-state index contributed by atoms with van der Waals surface area (Å²) in [5, 5.41) is 5.75. The molecule has 0 aromatic carbocycles. The first-order chi connectivity index (χ1) is 7.91. The largest absolute Gasteiger partial charge is 0.355 e. The summed E-state index contributed by atoms with van der Waals surface area (Å²) in [4.78, 5) is 11.6. The fraction of sp³-hybridized carbons (Fsp3) is 0.900. The van der Waals surface area contributed by atoms with Gasteiger partial charge in [-0.2, -0.15) is 0 Å². The topological polar surface area (TPSA) is 87.3 Å². The van der Waals surface area contributed by atoms with Crippen molar-refractivity contribution in [2.75, 3.05) is 25.4 Å². The average Bonchev–Trinajstić information content (AvgIpc) is 2.67. The normalized spacial score (nSPS) is 19.6. The van der Waals surface area contributed by atoms with Crippen LogP contribution >= 0.6 is 12.4 Å². The number of hydrogen-bond acceptors (Lipinski definition) is 4. The SMILES string of the molecule is CC(C)NS(=O)(=O)CCNC(=O)C1CCNC1.Cl. The third kappa shape index (κ3) is 6.53. The monoisotopic (exact) mass is 299 g/mol. The van der Waals surface area contributed by atoms with E-state index in [-0.39, 0.29) is 42.6 Å². The molecule has 0 aromatic rings. The minimum Gasteiger partial charge on any atom is -0.355 e. The highest BCUT2D eigenvalue weighted by Crippen LogP contribution is 2.06. The fourth-order valence-corrected chi connectivity index (χ4v) is 2.96. The van der Waals surface area contributed by atoms with Gasteiger partial charge in [-0.1, -0.05) is 0 Å². The lowest BCUT2D eigenvalue weighted by Crippen LogP contribution is -2.39. The zero-order valence-electron chi connectivity index (χ0n) is 10.7. The van der Waals surface area contributed by atoms with Crippen LogP contribution in [0.4, 0.5) is 0 Å². The maximum atomic E-state index is 11.6. The van der Waals surface area contributed by atoms with Crippen LogP contribution in [0.15, 0.2) is 0 Å². The summed E-state index contributed by atoms with van der Waals surface area (Å²) in [6.45, 7) is 5.23. The van der Waals surface area contributed by atoms with Gasteiger partial charge in [0.25, 0.3) is 0 Å². The summed E-state index contributed by atoms with van der Waals surface area (Å²) in [6, 6.07) is -0.116. The molecular weight excluding hydrogens is 278 g/mol. The van der Waals surface area contributed by atoms with Crippen LogP contribution in [-0.2, 0) is 14.8 Å². The van der Waals surface area contributed by atoms with Crippen LogP contribution < -0.4 is 15.4 Å². The van der Waals surface area contributed by atoms with E-state index >= 15 is 0 Å². The maximum Gasteiger partial charge on any atom is 0.224 e. The summed E-state index contributed by atoms with van der Waals surface area (Å²) >= 11 is 0. The number of hydrogen-bond donors (Lipinski definition) is 3. The number of halogens is 1. The van der Waals surface area contributed by atoms with Crippen LogP contribution in [0.1, 0.15) is 20.3 Å². The quantitative estimate of drug-likeness (QED) is 0.615. The molecule has 8 heteroatoms. The van der Waals surface area contributed by atoms with Crippen molar-refractivity contribution in [1.82, 2.24) is 15.4 Å². The van der Waals surface area contributed by atoms with Gasteiger partial charge in [-0.05, 0) is 26.8 Å². The van der Waals surface area contributed by atoms with Crippen LogP contribution in [0.5, 0.6) is 0 Å². The first-order valence-electron chi connectivity index (χ1n) is 5.89. The molecule has 18 heavy (non-hydrogen) atoms. The standard InChI is InChI=1S/C10H21N3O3S.ClH/c1-8(2)13-17(15,16)6-5-12-10(14)9-3-4-11-7-9;/h8-9,11,13H,3-7H2,1-2H3,(H,12,14);1H. The molecule has 1 fully saturated rings. The van der Waals surface area contributed by atoms with Gasteiger partial charge in [-0.3, -0.25) is 4.79 Å². The Hall–Kier alpha value is -0.370. The minimum atomic E-state index is -3.28. The lowest BCUT2D eigenvalue weighted by atomic mass is 10.1. The molecule has 0 radical (unpaired) electrons. The van der Waals surface area contributed by atoms with Crippen LogP contribution in [-0.4, -0.2) is 45.8 Å². The summed E-state index contributed by atoms with van der Waals surface area (Å²) in [7, 11) is -3.28. The van der Waals surface area contributed by atoms with Gasteiger partial charge in [-0.25, -0.2) is 13.1 Å². The average molecular weight is 300 g/mol. The number of sulfonamides is 1. The van der Waals surface area contributed by atoms with Gasteiger partial charge in [0.2, 0.25) is 15.9 Å². The number of amides is 1. The third-order valence-corrected chi connectivity index (χ3v) is 4.09. The van der Waals surface area contributed by atoms with E-state index in [0.717, 1.165) is 13.0 Å². The van der Waals surface area contributed by atoms with E-state index in [1.54, 1.807) is 13.8 Å². The molecule has 1 rings (SSSR count). The third-order valence-electron chi connectivity index (χ3n) is 2.52. The predicted octanol–water partition coefficient (Wildman–Crippen LogP) is -0.538. The van der Waals surface area contributed by atoms with Gasteiger partial charge in [0.1, 0.15) is 0 Å². The molecule has 0 aliphatic carbocycles. The van der Waals surface area contributed by atoms with Gasteiger partial charge in [0.05, 0.1) is 11.7 Å². The maximum absolute atomic E-state index is 11.6. The summed E-state index contributed by atoms with van der Waals surface area (Å²) in [5.74, 6) is -0.151. The van der Waals surface area contributed by atoms with E-state index in [1.807, 2.05) is 0 Å². The van der Waals surface area contributed by atoms with Crippen LogP contribution in [0.25, 0.3) is 0 Å². The highest BCUT2D eigenvalue weighted by atomic mass is 35.5. The van der Waals surface area contributed by atoms with Crippen molar-refractivity contribution in [2.24, 2.45) is 5.92 Å². The van der Waals surface area contributed by atoms with E-state index in [4.69, 9.17) is 0 Å². The number of nitrogens with one attached hydrogen (secondary N) is 3. The van der Waals surface area contributed by atoms with Gasteiger partial charge in [0.15, 0.2) is 0 Å². The van der Waals surface area contributed by atoms with Crippen molar-refractivity contribution in [3.8, 4) is 0 Å². The van der Waals surface area contributed by atoms with E-state index in [1.165, 1.54) is 0 Å². The van der Waals surface area contributed by atoms with Crippen LogP contribution in [0.3, 0.4) is 0 Å². The molecule has 0 saturated carbocycles. The molecule has 0 spiro atoms. The Kier molecular flexibility index (Phi) is 7.77. The fourth-order valence-electron chi connectivity index (χ4n) is 1.75. The first-order valence-corrected chi connectivity index (χ1v) is 7.54. The van der Waals surface area contributed by atoms with E-state index < -0.39 is 10.0 Å². The van der Waals surface area contributed by atoms with Gasteiger partial charge >= 0.3 is 0 Å². The molecule has 1 aliphatic heterocycles. The second-order valence-corrected chi connectivity index (χ2v) is 6.45. The van der Waals surface area contributed by atoms with Gasteiger partial charge in [0, 0.05) is 19.1 Å². The molecule has 1 aliphatic rings. The molecule has 0 aromatic heterocycles. The lowest BCUT2D eigenvalue weighted by Gasteiger charge is -2.12. The minimum absolute atomic E-state index is 0. The second-order valence-electron chi connectivity index (χ2n) is 4.57. The van der Waals surface area contributed by atoms with Gasteiger partial charge in [-0.15, -0.1) is 12.4 Å². The van der Waals surface area contributed by atoms with E-state index in [0.29, 0.717) is 6.54 Å². The summed E-state index contributed by atoms with van der Waals surface area (Å²) < 4.78 is 25.4. The Morgan fingerprint density at radius 3 is 2.61 bits per heavy atom. The Bertz CT molecular complexity index is 353. The molecule has 1 unspecified atom stereocenters. The van der Waals surface area contributed by atoms with Crippen molar-refractivity contribution in [1.29, 1.82) is 0 Å². The highest BCUT2D eigenvalue weighted by Gasteiger charge is 2.22. The zero-order valence-corrected chi connectivity index (χ0v) is 12.4. The Labute approximate surface area is 115 Å². The molecule has 1 atom stereocenters. The second kappa shape index (κ2) is 7.93. The molecule has 3 N–H and O–H groups in total. The zero-order chi connectivity index (χ0) is 12.9. The number of rotatable bonds is 6.